The standard InChI is InChI=1S/C10H6F3N5OS/c11-10(12,13)5-18-4-6(3-14-18)9-15-8(16-19-9)7-1-2-20-17-7/h1-4H,5H2. The lowest BCUT2D eigenvalue weighted by atomic mass is 10.3. The Kier molecular flexibility index (Phi) is 3.01. The zero-order valence-corrected chi connectivity index (χ0v) is 10.5. The second-order valence-corrected chi connectivity index (χ2v) is 4.52. The van der Waals surface area contributed by atoms with Crippen molar-refractivity contribution in [1.82, 2.24) is 24.3 Å². The third-order valence-electron chi connectivity index (χ3n) is 2.31. The van der Waals surface area contributed by atoms with Crippen LogP contribution in [0.15, 0.2) is 28.4 Å². The Balaban J connectivity index is 1.83. The Morgan fingerprint density at radius 3 is 2.90 bits per heavy atom. The third kappa shape index (κ3) is 2.69. The summed E-state index contributed by atoms with van der Waals surface area (Å²) in [4.78, 5) is 4.06. The average molecular weight is 301 g/mol. The molecule has 0 saturated carbocycles. The largest absolute Gasteiger partial charge is 0.408 e. The Morgan fingerprint density at radius 1 is 1.35 bits per heavy atom. The van der Waals surface area contributed by atoms with Crippen molar-refractivity contribution in [2.24, 2.45) is 0 Å². The van der Waals surface area contributed by atoms with Gasteiger partial charge in [0.15, 0.2) is 0 Å². The highest BCUT2D eigenvalue weighted by atomic mass is 32.1. The van der Waals surface area contributed by atoms with Crippen molar-refractivity contribution < 1.29 is 17.7 Å². The molecule has 0 unspecified atom stereocenters. The van der Waals surface area contributed by atoms with E-state index in [0.29, 0.717) is 11.3 Å². The minimum Gasteiger partial charge on any atom is -0.333 e. The fraction of sp³-hybridized carbons (Fsp3) is 0.200. The van der Waals surface area contributed by atoms with E-state index in [1.807, 2.05) is 0 Å². The molecule has 0 aromatic carbocycles. The first-order valence-electron chi connectivity index (χ1n) is 5.35. The van der Waals surface area contributed by atoms with Gasteiger partial charge in [-0.2, -0.15) is 27.6 Å². The maximum Gasteiger partial charge on any atom is 0.408 e. The predicted molar refractivity (Wildman–Crippen MR) is 62.7 cm³/mol. The quantitative estimate of drug-likeness (QED) is 0.743. The van der Waals surface area contributed by atoms with E-state index < -0.39 is 12.7 Å². The maximum atomic E-state index is 12.2. The molecule has 3 heterocycles. The van der Waals surface area contributed by atoms with Crippen molar-refractivity contribution in [2.45, 2.75) is 12.7 Å². The van der Waals surface area contributed by atoms with Gasteiger partial charge in [-0.05, 0) is 17.6 Å². The van der Waals surface area contributed by atoms with Crippen LogP contribution in [-0.2, 0) is 6.54 Å². The molecule has 0 spiro atoms. The lowest BCUT2D eigenvalue weighted by molar-refractivity contribution is -0.142. The topological polar surface area (TPSA) is 69.6 Å². The van der Waals surface area contributed by atoms with Crippen LogP contribution in [0, 0.1) is 0 Å². The van der Waals surface area contributed by atoms with Crippen LogP contribution in [0.1, 0.15) is 0 Å². The van der Waals surface area contributed by atoms with Crippen LogP contribution >= 0.6 is 11.5 Å². The van der Waals surface area contributed by atoms with Crippen LogP contribution in [0.3, 0.4) is 0 Å². The molecule has 3 aromatic rings. The van der Waals surface area contributed by atoms with Gasteiger partial charge in [-0.25, -0.2) is 0 Å². The van der Waals surface area contributed by atoms with Crippen molar-refractivity contribution in [3.05, 3.63) is 23.8 Å². The molecule has 6 nitrogen and oxygen atoms in total. The molecule has 0 amide bonds. The summed E-state index contributed by atoms with van der Waals surface area (Å²) in [6, 6.07) is 1.71. The molecule has 104 valence electrons. The van der Waals surface area contributed by atoms with E-state index in [1.165, 1.54) is 23.9 Å². The zero-order valence-electron chi connectivity index (χ0n) is 9.70. The molecule has 0 radical (unpaired) electrons. The maximum absolute atomic E-state index is 12.2. The highest BCUT2D eigenvalue weighted by Crippen LogP contribution is 2.23. The summed E-state index contributed by atoms with van der Waals surface area (Å²) in [5.74, 6) is 0.381. The normalized spacial score (nSPS) is 11.9. The average Bonchev–Trinajstić information content (AvgIpc) is 3.07. The zero-order chi connectivity index (χ0) is 14.2. The smallest absolute Gasteiger partial charge is 0.333 e. The molecule has 3 aromatic heterocycles. The molecule has 0 atom stereocenters. The van der Waals surface area contributed by atoms with Gasteiger partial charge in [0.1, 0.15) is 12.2 Å². The summed E-state index contributed by atoms with van der Waals surface area (Å²) in [7, 11) is 0. The van der Waals surface area contributed by atoms with Crippen LogP contribution in [-0.4, -0.2) is 30.5 Å². The SMILES string of the molecule is FC(F)(F)Cn1cc(-c2nc(-c3ccsn3)no2)cn1. The van der Waals surface area contributed by atoms with Crippen molar-refractivity contribution >= 4 is 11.5 Å². The van der Waals surface area contributed by atoms with Crippen molar-refractivity contribution in [1.29, 1.82) is 0 Å². The minimum absolute atomic E-state index is 0.0985. The minimum atomic E-state index is -4.33. The molecule has 0 fully saturated rings. The third-order valence-corrected chi connectivity index (χ3v) is 2.87. The molecule has 0 saturated heterocycles. The number of nitrogens with zero attached hydrogens (tertiary/aromatic N) is 5. The summed E-state index contributed by atoms with van der Waals surface area (Å²) in [5.41, 5.74) is 0.871. The Hall–Kier alpha value is -2.23. The second-order valence-electron chi connectivity index (χ2n) is 3.85. The van der Waals surface area contributed by atoms with E-state index in [1.54, 1.807) is 11.4 Å². The molecule has 0 aliphatic carbocycles. The van der Waals surface area contributed by atoms with Gasteiger partial charge in [0.25, 0.3) is 5.89 Å². The van der Waals surface area contributed by atoms with Crippen LogP contribution in [0.4, 0.5) is 13.2 Å². The van der Waals surface area contributed by atoms with Crippen molar-refractivity contribution in [3.63, 3.8) is 0 Å². The molecular weight excluding hydrogens is 295 g/mol. The molecular formula is C10H6F3N5OS. The molecule has 20 heavy (non-hydrogen) atoms. The van der Waals surface area contributed by atoms with E-state index in [9.17, 15) is 13.2 Å². The Labute approximate surface area is 114 Å². The van der Waals surface area contributed by atoms with Gasteiger partial charge in [0.05, 0.1) is 11.8 Å². The number of halogens is 3. The summed E-state index contributed by atoms with van der Waals surface area (Å²) in [6.45, 7) is -1.17. The first kappa shape index (κ1) is 12.8. The number of hydrogen-bond donors (Lipinski definition) is 0. The lowest BCUT2D eigenvalue weighted by Crippen LogP contribution is -2.17. The fourth-order valence-corrected chi connectivity index (χ4v) is 2.02. The van der Waals surface area contributed by atoms with Crippen LogP contribution in [0.5, 0.6) is 0 Å². The van der Waals surface area contributed by atoms with Gasteiger partial charge in [-0.1, -0.05) is 5.16 Å². The van der Waals surface area contributed by atoms with E-state index in [4.69, 9.17) is 4.52 Å². The highest BCUT2D eigenvalue weighted by molar-refractivity contribution is 7.03. The van der Waals surface area contributed by atoms with Gasteiger partial charge >= 0.3 is 6.18 Å². The molecule has 0 bridgehead atoms. The molecule has 3 rings (SSSR count). The number of hydrogen-bond acceptors (Lipinski definition) is 6. The molecule has 0 aliphatic heterocycles. The summed E-state index contributed by atoms with van der Waals surface area (Å²) < 4.78 is 46.5. The Morgan fingerprint density at radius 2 is 2.20 bits per heavy atom. The Bertz CT molecular complexity index is 703. The van der Waals surface area contributed by atoms with Gasteiger partial charge in [0.2, 0.25) is 5.82 Å². The summed E-state index contributed by atoms with van der Waals surface area (Å²) >= 11 is 1.24. The fourth-order valence-electron chi connectivity index (χ4n) is 1.52. The lowest BCUT2D eigenvalue weighted by Gasteiger charge is -2.04. The summed E-state index contributed by atoms with van der Waals surface area (Å²) in [5, 5.41) is 9.08. The van der Waals surface area contributed by atoms with Gasteiger partial charge < -0.3 is 4.52 Å². The number of aromatic nitrogens is 5. The van der Waals surface area contributed by atoms with Crippen LogP contribution in [0.25, 0.3) is 23.0 Å². The van der Waals surface area contributed by atoms with Gasteiger partial charge in [-0.3, -0.25) is 4.68 Å². The van der Waals surface area contributed by atoms with Crippen LogP contribution < -0.4 is 0 Å². The molecule has 0 N–H and O–H groups in total. The second kappa shape index (κ2) is 4.71. The summed E-state index contributed by atoms with van der Waals surface area (Å²) in [6.07, 6.45) is -1.89. The van der Waals surface area contributed by atoms with Crippen molar-refractivity contribution in [2.75, 3.05) is 0 Å². The van der Waals surface area contributed by atoms with E-state index in [0.717, 1.165) is 4.68 Å². The number of rotatable bonds is 3. The predicted octanol–water partition coefficient (Wildman–Crippen LogP) is 2.62. The van der Waals surface area contributed by atoms with E-state index >= 15 is 0 Å². The van der Waals surface area contributed by atoms with Crippen molar-refractivity contribution in [3.8, 4) is 23.0 Å². The van der Waals surface area contributed by atoms with E-state index in [2.05, 4.69) is 19.6 Å². The monoisotopic (exact) mass is 301 g/mol. The van der Waals surface area contributed by atoms with Gasteiger partial charge in [0, 0.05) is 11.6 Å². The first-order chi connectivity index (χ1) is 9.51. The van der Waals surface area contributed by atoms with E-state index in [-0.39, 0.29) is 11.7 Å². The van der Waals surface area contributed by atoms with Crippen LogP contribution in [0.2, 0.25) is 0 Å². The van der Waals surface area contributed by atoms with Gasteiger partial charge in [-0.15, -0.1) is 0 Å². The number of alkyl halides is 3. The first-order valence-corrected chi connectivity index (χ1v) is 6.19. The highest BCUT2D eigenvalue weighted by Gasteiger charge is 2.28. The molecule has 0 aliphatic rings. The molecule has 10 heteroatoms.